The lowest BCUT2D eigenvalue weighted by Crippen LogP contribution is -2.76. The first kappa shape index (κ1) is 18.6. The summed E-state index contributed by atoms with van der Waals surface area (Å²) in [6.45, 7) is 0. The predicted octanol–water partition coefficient (Wildman–Crippen LogP) is 2.82. The molecule has 8 aliphatic rings. The number of aliphatic hydroxyl groups is 2. The van der Waals surface area contributed by atoms with Crippen molar-refractivity contribution in [3.8, 4) is 0 Å². The van der Waals surface area contributed by atoms with Crippen LogP contribution in [0.5, 0.6) is 0 Å². The fraction of sp³-hybridized carbons (Fsp3) is 0.913. The lowest BCUT2D eigenvalue weighted by Gasteiger charge is -2.70. The molecule has 0 saturated heterocycles. The van der Waals surface area contributed by atoms with E-state index in [4.69, 9.17) is 5.41 Å². The summed E-state index contributed by atoms with van der Waals surface area (Å²) in [5.41, 5.74) is -0.845. The number of carboxylic acid groups (broad SMARTS) is 1. The molecule has 8 saturated carbocycles. The van der Waals surface area contributed by atoms with Crippen LogP contribution in [0, 0.1) is 46.8 Å². The molecule has 29 heavy (non-hydrogen) atoms. The number of hydrogen-bond donors (Lipinski definition) is 4. The highest BCUT2D eigenvalue weighted by molar-refractivity contribution is 5.85. The molecular weight excluding hydrogens is 368 g/mol. The van der Waals surface area contributed by atoms with Crippen LogP contribution in [-0.2, 0) is 4.79 Å². The molecule has 8 bridgehead atoms. The quantitative estimate of drug-likeness (QED) is 0.329. The summed E-state index contributed by atoms with van der Waals surface area (Å²) < 4.78 is 0. The molecule has 0 aromatic rings. The molecule has 8 fully saturated rings. The fourth-order valence-electron chi connectivity index (χ4n) is 10.2. The number of nitrogens with zero attached hydrogens (tertiary/aromatic N) is 1. The first-order chi connectivity index (χ1) is 13.8. The van der Waals surface area contributed by atoms with Crippen molar-refractivity contribution in [1.82, 2.24) is 4.90 Å². The van der Waals surface area contributed by atoms with Crippen LogP contribution in [0.1, 0.15) is 70.6 Å². The summed E-state index contributed by atoms with van der Waals surface area (Å²) in [5, 5.41) is 39.5. The van der Waals surface area contributed by atoms with Gasteiger partial charge in [-0.3, -0.25) is 10.2 Å². The molecule has 8 aliphatic carbocycles. The zero-order valence-electron chi connectivity index (χ0n) is 17.1. The van der Waals surface area contributed by atoms with E-state index < -0.39 is 23.7 Å². The number of nitrogens with one attached hydrogen (secondary N) is 1. The van der Waals surface area contributed by atoms with Crippen molar-refractivity contribution >= 4 is 11.8 Å². The highest BCUT2D eigenvalue weighted by Crippen LogP contribution is 2.66. The van der Waals surface area contributed by atoms with Crippen LogP contribution in [-0.4, -0.2) is 49.4 Å². The van der Waals surface area contributed by atoms with E-state index in [1.807, 2.05) is 0 Å². The van der Waals surface area contributed by atoms with Crippen LogP contribution in [0.3, 0.4) is 0 Å². The second-order valence-corrected chi connectivity index (χ2v) is 11.8. The number of aliphatic hydroxyl groups excluding tert-OH is 1. The zero-order valence-corrected chi connectivity index (χ0v) is 17.1. The van der Waals surface area contributed by atoms with Crippen LogP contribution >= 0.6 is 0 Å². The van der Waals surface area contributed by atoms with E-state index in [1.54, 1.807) is 0 Å². The molecule has 0 radical (unpaired) electrons. The number of carboxylic acids is 1. The van der Waals surface area contributed by atoms with Crippen molar-refractivity contribution in [1.29, 1.82) is 5.41 Å². The van der Waals surface area contributed by atoms with Crippen LogP contribution in [0.25, 0.3) is 0 Å². The Morgan fingerprint density at radius 3 is 1.69 bits per heavy atom. The molecule has 0 aliphatic heterocycles. The third-order valence-electron chi connectivity index (χ3n) is 9.95. The normalized spacial score (nSPS) is 51.6. The van der Waals surface area contributed by atoms with Crippen molar-refractivity contribution < 1.29 is 20.1 Å². The molecular formula is C23H34N2O4. The molecule has 6 nitrogen and oxygen atoms in total. The molecule has 0 spiro atoms. The monoisotopic (exact) mass is 402 g/mol. The topological polar surface area (TPSA) is 105 Å². The third-order valence-corrected chi connectivity index (χ3v) is 9.95. The van der Waals surface area contributed by atoms with E-state index in [2.05, 4.69) is 4.90 Å². The summed E-state index contributed by atoms with van der Waals surface area (Å²) >= 11 is 0. The van der Waals surface area contributed by atoms with Crippen LogP contribution in [0.2, 0.25) is 0 Å². The molecule has 0 amide bonds. The van der Waals surface area contributed by atoms with Crippen molar-refractivity contribution in [2.45, 2.75) is 88.0 Å². The lowest BCUT2D eigenvalue weighted by molar-refractivity contribution is -0.195. The van der Waals surface area contributed by atoms with E-state index in [1.165, 1.54) is 25.7 Å². The van der Waals surface area contributed by atoms with Gasteiger partial charge in [-0.25, -0.2) is 0 Å². The maximum Gasteiger partial charge on any atom is 0.309 e. The van der Waals surface area contributed by atoms with E-state index in [9.17, 15) is 20.1 Å². The lowest BCUT2D eigenvalue weighted by atomic mass is 9.45. The van der Waals surface area contributed by atoms with Gasteiger partial charge in [-0.1, -0.05) is 0 Å². The van der Waals surface area contributed by atoms with Crippen molar-refractivity contribution in [3.05, 3.63) is 0 Å². The number of carbonyl (C=O) groups is 1. The van der Waals surface area contributed by atoms with Crippen molar-refractivity contribution in [3.63, 3.8) is 0 Å². The Morgan fingerprint density at radius 2 is 1.28 bits per heavy atom. The summed E-state index contributed by atoms with van der Waals surface area (Å²) in [5.74, 6) is 1.87. The Kier molecular flexibility index (Phi) is 3.83. The van der Waals surface area contributed by atoms with Gasteiger partial charge < -0.3 is 20.2 Å². The van der Waals surface area contributed by atoms with Gasteiger partial charge in [0.25, 0.3) is 0 Å². The molecule has 6 heteroatoms. The second kappa shape index (κ2) is 5.97. The van der Waals surface area contributed by atoms with E-state index in [0.29, 0.717) is 29.6 Å². The standard InChI is InChI=1S/C23H34N2O4/c24-19(21(28)29)25(22-7-12-1-13(8-22)3-14(2-12)9-22)23-10-15-4-16(11-23)6-17(5-15)18(23)20(26)27/h12-18,21,24,28-29H,1-11H2,(H,26,27). The van der Waals surface area contributed by atoms with Crippen molar-refractivity contribution in [2.24, 2.45) is 41.4 Å². The number of aliphatic carboxylic acids is 1. The molecule has 160 valence electrons. The van der Waals surface area contributed by atoms with E-state index in [-0.39, 0.29) is 17.3 Å². The van der Waals surface area contributed by atoms with Crippen molar-refractivity contribution in [2.75, 3.05) is 0 Å². The minimum atomic E-state index is -1.83. The minimum Gasteiger partial charge on any atom is -0.481 e. The highest BCUT2D eigenvalue weighted by Gasteiger charge is 2.67. The highest BCUT2D eigenvalue weighted by atomic mass is 16.5. The van der Waals surface area contributed by atoms with Gasteiger partial charge in [-0.05, 0) is 106 Å². The van der Waals surface area contributed by atoms with Gasteiger partial charge in [0.05, 0.1) is 11.5 Å². The van der Waals surface area contributed by atoms with Gasteiger partial charge in [-0.15, -0.1) is 0 Å². The summed E-state index contributed by atoms with van der Waals surface area (Å²) in [6.07, 6.45) is 9.80. The first-order valence-electron chi connectivity index (χ1n) is 11.8. The molecule has 8 rings (SSSR count). The van der Waals surface area contributed by atoms with Gasteiger partial charge in [0.15, 0.2) is 5.84 Å². The summed E-state index contributed by atoms with van der Waals surface area (Å²) in [6, 6.07) is 0. The van der Waals surface area contributed by atoms with Gasteiger partial charge in [0.2, 0.25) is 6.29 Å². The third kappa shape index (κ3) is 2.48. The minimum absolute atomic E-state index is 0.125. The van der Waals surface area contributed by atoms with Gasteiger partial charge in [-0.2, -0.15) is 0 Å². The molecule has 0 aromatic heterocycles. The fourth-order valence-corrected chi connectivity index (χ4v) is 10.2. The Hall–Kier alpha value is -1.14. The zero-order chi connectivity index (χ0) is 20.1. The predicted molar refractivity (Wildman–Crippen MR) is 106 cm³/mol. The molecule has 0 aromatic carbocycles. The van der Waals surface area contributed by atoms with Gasteiger partial charge >= 0.3 is 5.97 Å². The Bertz CT molecular complexity index is 700. The van der Waals surface area contributed by atoms with Gasteiger partial charge in [0.1, 0.15) is 0 Å². The summed E-state index contributed by atoms with van der Waals surface area (Å²) in [4.78, 5) is 14.7. The molecule has 3 unspecified atom stereocenters. The maximum atomic E-state index is 12.6. The Balaban J connectivity index is 1.50. The molecule has 0 heterocycles. The van der Waals surface area contributed by atoms with Crippen LogP contribution in [0.15, 0.2) is 0 Å². The van der Waals surface area contributed by atoms with E-state index in [0.717, 1.165) is 44.9 Å². The summed E-state index contributed by atoms with van der Waals surface area (Å²) in [7, 11) is 0. The van der Waals surface area contributed by atoms with Crippen LogP contribution in [0.4, 0.5) is 0 Å². The largest absolute Gasteiger partial charge is 0.481 e. The number of hydrogen-bond acceptors (Lipinski definition) is 4. The number of amidine groups is 1. The second-order valence-electron chi connectivity index (χ2n) is 11.8. The average Bonchev–Trinajstić information content (AvgIpc) is 2.58. The Labute approximate surface area is 172 Å². The van der Waals surface area contributed by atoms with Crippen LogP contribution < -0.4 is 0 Å². The van der Waals surface area contributed by atoms with E-state index >= 15 is 0 Å². The Morgan fingerprint density at radius 1 is 0.828 bits per heavy atom. The smallest absolute Gasteiger partial charge is 0.309 e. The van der Waals surface area contributed by atoms with Gasteiger partial charge in [0, 0.05) is 5.54 Å². The SMILES string of the molecule is N=C(C(O)O)N(C12CC3CC(CC(C3)C1)C2)C12CC3CC(CC(C3)C1C(=O)O)C2. The molecule has 4 N–H and O–H groups in total. The molecule has 3 atom stereocenters. The average molecular weight is 403 g/mol. The number of rotatable bonds is 4. The maximum absolute atomic E-state index is 12.6. The first-order valence-corrected chi connectivity index (χ1v) is 11.8.